The van der Waals surface area contributed by atoms with Crippen molar-refractivity contribution in [2.75, 3.05) is 13.4 Å². The lowest BCUT2D eigenvalue weighted by molar-refractivity contribution is -0.0687. The maximum Gasteiger partial charge on any atom is 0.417 e. The number of alkyl halides is 3. The third kappa shape index (κ3) is 5.36. The van der Waals surface area contributed by atoms with Crippen molar-refractivity contribution < 1.29 is 27.4 Å². The number of rotatable bonds is 9. The Kier molecular flexibility index (Phi) is 6.89. The Morgan fingerprint density at radius 3 is 2.34 bits per heavy atom. The van der Waals surface area contributed by atoms with Gasteiger partial charge in [0.1, 0.15) is 0 Å². The summed E-state index contributed by atoms with van der Waals surface area (Å²) >= 11 is 0. The Morgan fingerprint density at radius 1 is 0.938 bits per heavy atom. The van der Waals surface area contributed by atoms with Crippen LogP contribution < -0.4 is 9.47 Å². The molecule has 2 aliphatic rings. The molecule has 6 heteroatoms. The topological polar surface area (TPSA) is 27.7 Å². The van der Waals surface area contributed by atoms with Crippen molar-refractivity contribution in [3.63, 3.8) is 0 Å². The molecule has 3 nitrogen and oxygen atoms in total. The SMILES string of the molecule is Cc1ccc(COCCCCCCC=C2C=C(C(F)(F)F)c3cc4c(cc32)OCO4)cc1. The van der Waals surface area contributed by atoms with Gasteiger partial charge in [-0.1, -0.05) is 48.7 Å². The van der Waals surface area contributed by atoms with Gasteiger partial charge in [0.25, 0.3) is 0 Å². The van der Waals surface area contributed by atoms with Crippen LogP contribution in [0.2, 0.25) is 0 Å². The van der Waals surface area contributed by atoms with Crippen molar-refractivity contribution in [3.05, 3.63) is 70.8 Å². The molecule has 1 heterocycles. The van der Waals surface area contributed by atoms with Crippen LogP contribution in [0.15, 0.2) is 48.6 Å². The lowest BCUT2D eigenvalue weighted by atomic mass is 10.0. The smallest absolute Gasteiger partial charge is 0.417 e. The zero-order valence-electron chi connectivity index (χ0n) is 18.1. The standard InChI is InChI=1S/C26H27F3O3/c1-18-8-10-19(11-9-18)16-30-12-6-4-2-3-5-7-20-13-23(26(27,28)29)22-15-25-24(14-21(20)22)31-17-32-25/h7-11,13-15H,2-6,12,16-17H2,1H3. The van der Waals surface area contributed by atoms with E-state index in [-0.39, 0.29) is 12.4 Å². The first-order chi connectivity index (χ1) is 15.4. The maximum atomic E-state index is 13.5. The molecule has 1 aliphatic heterocycles. The Balaban J connectivity index is 1.23. The van der Waals surface area contributed by atoms with Crippen molar-refractivity contribution in [3.8, 4) is 11.5 Å². The molecule has 2 aromatic rings. The van der Waals surface area contributed by atoms with E-state index in [0.717, 1.165) is 32.1 Å². The van der Waals surface area contributed by atoms with Gasteiger partial charge in [0.15, 0.2) is 11.5 Å². The van der Waals surface area contributed by atoms with Crippen LogP contribution in [0.5, 0.6) is 11.5 Å². The Labute approximate surface area is 186 Å². The summed E-state index contributed by atoms with van der Waals surface area (Å²) in [6, 6.07) is 11.4. The molecule has 32 heavy (non-hydrogen) atoms. The number of hydrogen-bond acceptors (Lipinski definition) is 3. The van der Waals surface area contributed by atoms with Gasteiger partial charge in [-0.05, 0) is 66.7 Å². The van der Waals surface area contributed by atoms with E-state index in [4.69, 9.17) is 14.2 Å². The number of halogens is 3. The summed E-state index contributed by atoms with van der Waals surface area (Å²) < 4.78 is 56.8. The predicted octanol–water partition coefficient (Wildman–Crippen LogP) is 7.23. The van der Waals surface area contributed by atoms with Gasteiger partial charge in [-0.15, -0.1) is 0 Å². The highest BCUT2D eigenvalue weighted by atomic mass is 19.4. The number of ether oxygens (including phenoxy) is 3. The molecular formula is C26H27F3O3. The van der Waals surface area contributed by atoms with E-state index in [1.165, 1.54) is 23.3 Å². The molecule has 0 radical (unpaired) electrons. The minimum Gasteiger partial charge on any atom is -0.454 e. The van der Waals surface area contributed by atoms with Crippen molar-refractivity contribution >= 4 is 11.1 Å². The molecule has 0 fully saturated rings. The second kappa shape index (κ2) is 9.82. The summed E-state index contributed by atoms with van der Waals surface area (Å²) in [6.07, 6.45) is 3.42. The van der Waals surface area contributed by atoms with E-state index in [2.05, 4.69) is 31.2 Å². The fourth-order valence-electron chi connectivity index (χ4n) is 3.95. The molecule has 0 spiro atoms. The second-order valence-corrected chi connectivity index (χ2v) is 8.21. The molecule has 0 N–H and O–H groups in total. The largest absolute Gasteiger partial charge is 0.454 e. The Bertz CT molecular complexity index is 1000. The predicted molar refractivity (Wildman–Crippen MR) is 118 cm³/mol. The molecule has 1 aliphatic carbocycles. The molecule has 0 atom stereocenters. The van der Waals surface area contributed by atoms with E-state index < -0.39 is 11.7 Å². The van der Waals surface area contributed by atoms with Gasteiger partial charge in [-0.3, -0.25) is 0 Å². The molecule has 0 bridgehead atoms. The fourth-order valence-corrected chi connectivity index (χ4v) is 3.95. The van der Waals surface area contributed by atoms with E-state index in [1.54, 1.807) is 6.07 Å². The minimum absolute atomic E-state index is 0.0388. The van der Waals surface area contributed by atoms with E-state index in [0.29, 0.717) is 35.8 Å². The van der Waals surface area contributed by atoms with Crippen molar-refractivity contribution in [2.24, 2.45) is 0 Å². The van der Waals surface area contributed by atoms with Crippen molar-refractivity contribution in [2.45, 2.75) is 51.8 Å². The first-order valence-electron chi connectivity index (χ1n) is 11.0. The van der Waals surface area contributed by atoms with Gasteiger partial charge >= 0.3 is 6.18 Å². The van der Waals surface area contributed by atoms with E-state index in [9.17, 15) is 13.2 Å². The molecule has 0 unspecified atom stereocenters. The average molecular weight is 444 g/mol. The van der Waals surface area contributed by atoms with Crippen LogP contribution in [-0.4, -0.2) is 19.6 Å². The highest BCUT2D eigenvalue weighted by Crippen LogP contribution is 2.48. The molecule has 170 valence electrons. The molecule has 0 amide bonds. The normalized spacial score (nSPS) is 15.9. The van der Waals surface area contributed by atoms with E-state index in [1.807, 2.05) is 6.08 Å². The summed E-state index contributed by atoms with van der Waals surface area (Å²) in [7, 11) is 0. The number of benzene rings is 2. The van der Waals surface area contributed by atoms with Gasteiger partial charge in [-0.25, -0.2) is 0 Å². The summed E-state index contributed by atoms with van der Waals surface area (Å²) in [5, 5.41) is 0. The highest BCUT2D eigenvalue weighted by molar-refractivity contribution is 5.98. The minimum atomic E-state index is -4.41. The lowest BCUT2D eigenvalue weighted by Crippen LogP contribution is -2.09. The summed E-state index contributed by atoms with van der Waals surface area (Å²) in [5.41, 5.74) is 3.12. The summed E-state index contributed by atoms with van der Waals surface area (Å²) in [5.74, 6) is 0.863. The zero-order valence-corrected chi connectivity index (χ0v) is 18.1. The van der Waals surface area contributed by atoms with Gasteiger partial charge in [-0.2, -0.15) is 13.2 Å². The number of hydrogen-bond donors (Lipinski definition) is 0. The van der Waals surface area contributed by atoms with Crippen LogP contribution in [0.3, 0.4) is 0 Å². The zero-order chi connectivity index (χ0) is 22.6. The average Bonchev–Trinajstić information content (AvgIpc) is 3.36. The van der Waals surface area contributed by atoms with Crippen LogP contribution in [0.25, 0.3) is 11.1 Å². The van der Waals surface area contributed by atoms with Crippen LogP contribution >= 0.6 is 0 Å². The number of aryl methyl sites for hydroxylation is 1. The highest BCUT2D eigenvalue weighted by Gasteiger charge is 2.40. The maximum absolute atomic E-state index is 13.5. The molecule has 0 saturated carbocycles. The molecule has 2 aromatic carbocycles. The molecule has 0 aromatic heterocycles. The van der Waals surface area contributed by atoms with Crippen LogP contribution in [0.1, 0.15) is 54.4 Å². The molecular weight excluding hydrogens is 417 g/mol. The Hall–Kier alpha value is -2.73. The van der Waals surface area contributed by atoms with Gasteiger partial charge in [0, 0.05) is 6.61 Å². The Morgan fingerprint density at radius 2 is 1.62 bits per heavy atom. The second-order valence-electron chi connectivity index (χ2n) is 8.21. The quantitative estimate of drug-likeness (QED) is 0.382. The van der Waals surface area contributed by atoms with Gasteiger partial charge in [0.2, 0.25) is 6.79 Å². The monoisotopic (exact) mass is 444 g/mol. The first-order valence-corrected chi connectivity index (χ1v) is 11.0. The third-order valence-electron chi connectivity index (χ3n) is 5.72. The van der Waals surface area contributed by atoms with Crippen LogP contribution in [-0.2, 0) is 11.3 Å². The molecule has 4 rings (SSSR count). The molecule has 0 saturated heterocycles. The van der Waals surface area contributed by atoms with Gasteiger partial charge < -0.3 is 14.2 Å². The van der Waals surface area contributed by atoms with E-state index >= 15 is 0 Å². The third-order valence-corrected chi connectivity index (χ3v) is 5.72. The van der Waals surface area contributed by atoms with Crippen molar-refractivity contribution in [1.29, 1.82) is 0 Å². The van der Waals surface area contributed by atoms with Gasteiger partial charge in [0.05, 0.1) is 12.2 Å². The van der Waals surface area contributed by atoms with Crippen LogP contribution in [0, 0.1) is 6.92 Å². The summed E-state index contributed by atoms with van der Waals surface area (Å²) in [6.45, 7) is 3.44. The fraction of sp³-hybridized carbons (Fsp3) is 0.385. The summed E-state index contributed by atoms with van der Waals surface area (Å²) in [4.78, 5) is 0. The van der Waals surface area contributed by atoms with Crippen LogP contribution in [0.4, 0.5) is 13.2 Å². The lowest BCUT2D eigenvalue weighted by Gasteiger charge is -2.10. The number of fused-ring (bicyclic) bond motifs is 2. The van der Waals surface area contributed by atoms with Crippen molar-refractivity contribution in [1.82, 2.24) is 0 Å². The first kappa shape index (κ1) is 22.5. The number of allylic oxidation sites excluding steroid dienone is 4. The number of unbranched alkanes of at least 4 members (excludes halogenated alkanes) is 4.